The maximum Gasteiger partial charge on any atom is 0.191 e. The van der Waals surface area contributed by atoms with Gasteiger partial charge in [0.2, 0.25) is 0 Å². The van der Waals surface area contributed by atoms with Gasteiger partial charge in [-0.1, -0.05) is 6.07 Å². The predicted octanol–water partition coefficient (Wildman–Crippen LogP) is 2.57. The number of morpholine rings is 1. The number of aryl methyl sites for hydroxylation is 1. The molecule has 0 saturated carbocycles. The maximum atomic E-state index is 13.2. The van der Waals surface area contributed by atoms with Crippen LogP contribution in [0.1, 0.15) is 25.0 Å². The second-order valence-electron chi connectivity index (χ2n) is 6.71. The molecule has 0 bridgehead atoms. The topological polar surface area (TPSA) is 48.9 Å². The molecule has 1 fully saturated rings. The summed E-state index contributed by atoms with van der Waals surface area (Å²) in [7, 11) is 1.78. The molecule has 2 N–H and O–H groups in total. The molecule has 0 amide bonds. The number of nitrogens with zero attached hydrogens (tertiary/aromatic N) is 2. The second kappa shape index (κ2) is 11.7. The highest BCUT2D eigenvalue weighted by Gasteiger charge is 2.23. The summed E-state index contributed by atoms with van der Waals surface area (Å²) in [5.41, 5.74) is 2.14. The molecule has 1 aromatic rings. The van der Waals surface area contributed by atoms with E-state index in [2.05, 4.69) is 34.4 Å². The molecule has 2 unspecified atom stereocenters. The van der Waals surface area contributed by atoms with E-state index >= 15 is 0 Å². The molecule has 5 nitrogen and oxygen atoms in total. The van der Waals surface area contributed by atoms with Gasteiger partial charge < -0.3 is 15.4 Å². The molecule has 0 spiro atoms. The maximum absolute atomic E-state index is 13.2. The number of halogens is 2. The van der Waals surface area contributed by atoms with Crippen molar-refractivity contribution in [1.82, 2.24) is 15.5 Å². The average Bonchev–Trinajstić information content (AvgIpc) is 2.59. The number of hydrogen-bond donors (Lipinski definition) is 2. The van der Waals surface area contributed by atoms with Crippen LogP contribution < -0.4 is 10.6 Å². The van der Waals surface area contributed by atoms with Gasteiger partial charge in [0.1, 0.15) is 5.82 Å². The summed E-state index contributed by atoms with van der Waals surface area (Å²) in [6, 6.07) is 5.80. The number of aliphatic imine (C=N–C) groups is 1. The molecule has 1 heterocycles. The minimum absolute atomic E-state index is 0. The Bertz CT molecular complexity index is 585. The van der Waals surface area contributed by atoms with Crippen LogP contribution in [0, 0.1) is 12.7 Å². The van der Waals surface area contributed by atoms with Crippen LogP contribution in [-0.2, 0) is 11.2 Å². The van der Waals surface area contributed by atoms with Crippen molar-refractivity contribution in [1.29, 1.82) is 0 Å². The zero-order valence-corrected chi connectivity index (χ0v) is 18.5. The fraction of sp³-hybridized carbons (Fsp3) is 0.632. The van der Waals surface area contributed by atoms with Crippen LogP contribution in [-0.4, -0.2) is 62.8 Å². The summed E-state index contributed by atoms with van der Waals surface area (Å²) in [5.74, 6) is 0.616. The van der Waals surface area contributed by atoms with Gasteiger partial charge in [-0.05, 0) is 50.5 Å². The number of rotatable bonds is 6. The van der Waals surface area contributed by atoms with E-state index in [1.807, 2.05) is 13.0 Å². The molecule has 1 aromatic carbocycles. The summed E-state index contributed by atoms with van der Waals surface area (Å²) in [6.45, 7) is 10.5. The van der Waals surface area contributed by atoms with Gasteiger partial charge in [-0.25, -0.2) is 4.39 Å². The van der Waals surface area contributed by atoms with Gasteiger partial charge in [0.05, 0.1) is 13.2 Å². The highest BCUT2D eigenvalue weighted by Crippen LogP contribution is 2.11. The first-order valence-electron chi connectivity index (χ1n) is 9.04. The predicted molar refractivity (Wildman–Crippen MR) is 116 cm³/mol. The molecule has 7 heteroatoms. The van der Waals surface area contributed by atoms with E-state index in [1.165, 1.54) is 6.07 Å². The molecule has 1 aliphatic rings. The fourth-order valence-corrected chi connectivity index (χ4v) is 3.23. The summed E-state index contributed by atoms with van der Waals surface area (Å²) in [4.78, 5) is 6.75. The molecule has 0 radical (unpaired) electrons. The van der Waals surface area contributed by atoms with Gasteiger partial charge in [0, 0.05) is 38.8 Å². The first-order valence-corrected chi connectivity index (χ1v) is 9.04. The lowest BCUT2D eigenvalue weighted by Gasteiger charge is -2.38. The summed E-state index contributed by atoms with van der Waals surface area (Å²) in [6.07, 6.45) is 0.836. The highest BCUT2D eigenvalue weighted by molar-refractivity contribution is 14.0. The third-order valence-electron chi connectivity index (χ3n) is 4.77. The Morgan fingerprint density at radius 1 is 1.42 bits per heavy atom. The monoisotopic (exact) mass is 478 g/mol. The van der Waals surface area contributed by atoms with Gasteiger partial charge in [-0.15, -0.1) is 24.0 Å². The molecule has 2 rings (SSSR count). The van der Waals surface area contributed by atoms with E-state index < -0.39 is 0 Å². The van der Waals surface area contributed by atoms with E-state index in [-0.39, 0.29) is 29.8 Å². The number of benzene rings is 1. The van der Waals surface area contributed by atoms with Crippen molar-refractivity contribution in [3.8, 4) is 0 Å². The van der Waals surface area contributed by atoms with Crippen molar-refractivity contribution in [2.24, 2.45) is 4.99 Å². The van der Waals surface area contributed by atoms with Gasteiger partial charge in [-0.3, -0.25) is 9.89 Å². The van der Waals surface area contributed by atoms with Crippen molar-refractivity contribution in [2.45, 2.75) is 39.3 Å². The molecule has 1 aliphatic heterocycles. The quantitative estimate of drug-likeness (QED) is 0.375. The van der Waals surface area contributed by atoms with Crippen LogP contribution in [0.15, 0.2) is 23.2 Å². The van der Waals surface area contributed by atoms with E-state index in [0.717, 1.165) is 56.4 Å². The fourth-order valence-electron chi connectivity index (χ4n) is 3.23. The van der Waals surface area contributed by atoms with E-state index in [1.54, 1.807) is 13.1 Å². The van der Waals surface area contributed by atoms with Crippen molar-refractivity contribution in [3.05, 3.63) is 35.1 Å². The molecule has 0 aromatic heterocycles. The first-order chi connectivity index (χ1) is 12.0. The Morgan fingerprint density at radius 3 is 2.85 bits per heavy atom. The lowest BCUT2D eigenvalue weighted by molar-refractivity contribution is -0.0174. The highest BCUT2D eigenvalue weighted by atomic mass is 127. The molecule has 0 aliphatic carbocycles. The lowest BCUT2D eigenvalue weighted by atomic mass is 10.1. The van der Waals surface area contributed by atoms with Crippen molar-refractivity contribution in [3.63, 3.8) is 0 Å². The average molecular weight is 478 g/mol. The molecule has 148 valence electrons. The Balaban J connectivity index is 0.00000338. The molecular formula is C19H32FIN4O. The van der Waals surface area contributed by atoms with Crippen molar-refractivity contribution < 1.29 is 9.13 Å². The first kappa shape index (κ1) is 23.1. The number of ether oxygens (including phenoxy) is 1. The van der Waals surface area contributed by atoms with Gasteiger partial charge in [0.25, 0.3) is 0 Å². The summed E-state index contributed by atoms with van der Waals surface area (Å²) in [5, 5.41) is 6.72. The van der Waals surface area contributed by atoms with Gasteiger partial charge >= 0.3 is 0 Å². The third-order valence-corrected chi connectivity index (χ3v) is 4.77. The number of guanidine groups is 1. The van der Waals surface area contributed by atoms with Crippen LogP contribution in [0.3, 0.4) is 0 Å². The zero-order chi connectivity index (χ0) is 18.2. The Morgan fingerprint density at radius 2 is 2.19 bits per heavy atom. The Labute approximate surface area is 173 Å². The molecule has 2 atom stereocenters. The van der Waals surface area contributed by atoms with Crippen LogP contribution in [0.4, 0.5) is 4.39 Å². The number of hydrogen-bond acceptors (Lipinski definition) is 3. The minimum atomic E-state index is -0.182. The second-order valence-corrected chi connectivity index (χ2v) is 6.71. The van der Waals surface area contributed by atoms with E-state index in [0.29, 0.717) is 12.1 Å². The van der Waals surface area contributed by atoms with Crippen molar-refractivity contribution >= 4 is 29.9 Å². The molecule has 26 heavy (non-hydrogen) atoms. The molecule has 1 saturated heterocycles. The van der Waals surface area contributed by atoms with Gasteiger partial charge in [0.15, 0.2) is 5.96 Å². The summed E-state index contributed by atoms with van der Waals surface area (Å²) < 4.78 is 18.7. The van der Waals surface area contributed by atoms with E-state index in [4.69, 9.17) is 4.74 Å². The zero-order valence-electron chi connectivity index (χ0n) is 16.2. The van der Waals surface area contributed by atoms with Crippen LogP contribution in [0.2, 0.25) is 0 Å². The largest absolute Gasteiger partial charge is 0.379 e. The van der Waals surface area contributed by atoms with E-state index in [9.17, 15) is 4.39 Å². The minimum Gasteiger partial charge on any atom is -0.379 e. The third kappa shape index (κ3) is 7.00. The number of nitrogens with one attached hydrogen (secondary N) is 2. The molecular weight excluding hydrogens is 446 g/mol. The Hall–Kier alpha value is -0.930. The van der Waals surface area contributed by atoms with Gasteiger partial charge in [-0.2, -0.15) is 0 Å². The smallest absolute Gasteiger partial charge is 0.191 e. The lowest BCUT2D eigenvalue weighted by Crippen LogP contribution is -2.53. The SMILES string of the molecule is CN=C(NCCc1ccc(F)cc1C)NCC(C)N1CCOCC1C.I. The summed E-state index contributed by atoms with van der Waals surface area (Å²) >= 11 is 0. The van der Waals surface area contributed by atoms with Crippen molar-refractivity contribution in [2.75, 3.05) is 39.9 Å². The normalized spacial score (nSPS) is 19.6. The standard InChI is InChI=1S/C19H31FN4O.HI/c1-14-11-18(20)6-5-17(14)7-8-22-19(21-4)23-12-15(2)24-9-10-25-13-16(24)3;/h5-6,11,15-16H,7-10,12-13H2,1-4H3,(H2,21,22,23);1H. The van der Waals surface area contributed by atoms with Crippen LogP contribution in [0.5, 0.6) is 0 Å². The Kier molecular flexibility index (Phi) is 10.4. The van der Waals surface area contributed by atoms with Crippen LogP contribution in [0.25, 0.3) is 0 Å². The van der Waals surface area contributed by atoms with Crippen LogP contribution >= 0.6 is 24.0 Å².